The summed E-state index contributed by atoms with van der Waals surface area (Å²) < 4.78 is 1.86. The largest absolute Gasteiger partial charge is 0.335 e. The third-order valence-corrected chi connectivity index (χ3v) is 6.27. The summed E-state index contributed by atoms with van der Waals surface area (Å²) in [5.41, 5.74) is 1.77. The lowest BCUT2D eigenvalue weighted by atomic mass is 10.1. The van der Waals surface area contributed by atoms with Crippen LogP contribution in [-0.2, 0) is 6.54 Å². The highest BCUT2D eigenvalue weighted by atomic mass is 32.2. The van der Waals surface area contributed by atoms with Crippen molar-refractivity contribution < 1.29 is 4.79 Å². The molecular weight excluding hydrogens is 320 g/mol. The van der Waals surface area contributed by atoms with Crippen molar-refractivity contribution in [2.45, 2.75) is 52.1 Å². The molecule has 0 aliphatic carbocycles. The molecule has 0 bridgehead atoms. The Labute approximate surface area is 149 Å². The van der Waals surface area contributed by atoms with Crippen LogP contribution in [0.15, 0.2) is 6.07 Å². The molecule has 6 heteroatoms. The Morgan fingerprint density at radius 2 is 1.92 bits per heavy atom. The van der Waals surface area contributed by atoms with E-state index in [1.807, 2.05) is 22.6 Å². The monoisotopic (exact) mass is 350 g/mol. The van der Waals surface area contributed by atoms with Crippen LogP contribution in [0.2, 0.25) is 0 Å². The summed E-state index contributed by atoms with van der Waals surface area (Å²) >= 11 is 2.07. The van der Waals surface area contributed by atoms with Crippen molar-refractivity contribution in [2.24, 2.45) is 0 Å². The van der Waals surface area contributed by atoms with E-state index in [4.69, 9.17) is 0 Å². The molecule has 0 spiro atoms. The Morgan fingerprint density at radius 1 is 1.25 bits per heavy atom. The third-order valence-electron chi connectivity index (χ3n) is 5.22. The van der Waals surface area contributed by atoms with E-state index in [0.717, 1.165) is 50.2 Å². The topological polar surface area (TPSA) is 41.4 Å². The van der Waals surface area contributed by atoms with Crippen molar-refractivity contribution in [1.29, 1.82) is 0 Å². The van der Waals surface area contributed by atoms with Crippen LogP contribution in [-0.4, -0.2) is 69.2 Å². The SMILES string of the molecule is CCn1nc(C(C)C)cc1C(=O)N1CCN(C2CCSCC2)CC1. The fraction of sp³-hybridized carbons (Fsp3) is 0.778. The zero-order valence-electron chi connectivity index (χ0n) is 15.2. The molecule has 0 unspecified atom stereocenters. The third kappa shape index (κ3) is 3.80. The molecule has 3 rings (SSSR count). The first kappa shape index (κ1) is 17.8. The molecule has 0 atom stereocenters. The number of piperazine rings is 1. The van der Waals surface area contributed by atoms with E-state index in [-0.39, 0.29) is 5.91 Å². The molecule has 0 aromatic carbocycles. The maximum Gasteiger partial charge on any atom is 0.272 e. The van der Waals surface area contributed by atoms with Crippen LogP contribution in [0.5, 0.6) is 0 Å². The average Bonchev–Trinajstić information content (AvgIpc) is 3.07. The predicted molar refractivity (Wildman–Crippen MR) is 99.8 cm³/mol. The van der Waals surface area contributed by atoms with Crippen LogP contribution < -0.4 is 0 Å². The number of thioether (sulfide) groups is 1. The standard InChI is InChI=1S/C18H30N4OS/c1-4-22-17(13-16(19-22)14(2)3)18(23)21-9-7-20(8-10-21)15-5-11-24-12-6-15/h13-15H,4-12H2,1-3H3. The zero-order chi connectivity index (χ0) is 17.1. The summed E-state index contributed by atoms with van der Waals surface area (Å²) in [6, 6.07) is 2.72. The average molecular weight is 351 g/mol. The Bertz CT molecular complexity index is 557. The van der Waals surface area contributed by atoms with Gasteiger partial charge < -0.3 is 4.90 Å². The summed E-state index contributed by atoms with van der Waals surface area (Å²) in [7, 11) is 0. The van der Waals surface area contributed by atoms with Gasteiger partial charge >= 0.3 is 0 Å². The highest BCUT2D eigenvalue weighted by Gasteiger charge is 2.29. The van der Waals surface area contributed by atoms with E-state index in [0.29, 0.717) is 5.92 Å². The molecule has 0 saturated carbocycles. The van der Waals surface area contributed by atoms with Crippen molar-refractivity contribution >= 4 is 17.7 Å². The van der Waals surface area contributed by atoms with E-state index < -0.39 is 0 Å². The molecule has 1 aromatic rings. The minimum Gasteiger partial charge on any atom is -0.335 e. The first-order valence-electron chi connectivity index (χ1n) is 9.29. The maximum atomic E-state index is 12.9. The zero-order valence-corrected chi connectivity index (χ0v) is 16.0. The lowest BCUT2D eigenvalue weighted by Crippen LogP contribution is -2.52. The van der Waals surface area contributed by atoms with Crippen LogP contribution in [0.3, 0.4) is 0 Å². The van der Waals surface area contributed by atoms with Crippen molar-refractivity contribution in [1.82, 2.24) is 19.6 Å². The molecular formula is C18H30N4OS. The Kier molecular flexibility index (Phi) is 5.87. The fourth-order valence-corrected chi connectivity index (χ4v) is 4.72. The van der Waals surface area contributed by atoms with E-state index in [2.05, 4.69) is 35.6 Å². The Hall–Kier alpha value is -1.01. The molecule has 2 saturated heterocycles. The van der Waals surface area contributed by atoms with Crippen LogP contribution in [0.1, 0.15) is 55.7 Å². The van der Waals surface area contributed by atoms with Gasteiger partial charge in [-0.25, -0.2) is 0 Å². The van der Waals surface area contributed by atoms with Gasteiger partial charge in [-0.15, -0.1) is 0 Å². The van der Waals surface area contributed by atoms with Gasteiger partial charge in [0.1, 0.15) is 5.69 Å². The first-order chi connectivity index (χ1) is 11.6. The molecule has 3 heterocycles. The number of carbonyl (C=O) groups is 1. The van der Waals surface area contributed by atoms with E-state index in [9.17, 15) is 4.79 Å². The molecule has 0 N–H and O–H groups in total. The number of amides is 1. The van der Waals surface area contributed by atoms with Crippen LogP contribution in [0, 0.1) is 0 Å². The molecule has 1 amide bonds. The summed E-state index contributed by atoms with van der Waals surface area (Å²) in [6.45, 7) is 10.7. The predicted octanol–water partition coefficient (Wildman–Crippen LogP) is 2.68. The van der Waals surface area contributed by atoms with Gasteiger partial charge in [-0.3, -0.25) is 14.4 Å². The van der Waals surface area contributed by atoms with Crippen molar-refractivity contribution in [3.05, 3.63) is 17.5 Å². The summed E-state index contributed by atoms with van der Waals surface area (Å²) in [6.07, 6.45) is 2.61. The second-order valence-electron chi connectivity index (χ2n) is 7.10. The minimum atomic E-state index is 0.148. The number of aromatic nitrogens is 2. The van der Waals surface area contributed by atoms with Gasteiger partial charge in [0.25, 0.3) is 5.91 Å². The lowest BCUT2D eigenvalue weighted by molar-refractivity contribution is 0.0548. The number of carbonyl (C=O) groups excluding carboxylic acids is 1. The summed E-state index contributed by atoms with van der Waals surface area (Å²) in [5, 5.41) is 4.59. The van der Waals surface area contributed by atoms with Gasteiger partial charge in [-0.2, -0.15) is 16.9 Å². The van der Waals surface area contributed by atoms with Crippen molar-refractivity contribution in [3.8, 4) is 0 Å². The first-order valence-corrected chi connectivity index (χ1v) is 10.4. The molecule has 134 valence electrons. The number of hydrogen-bond donors (Lipinski definition) is 0. The van der Waals surface area contributed by atoms with E-state index in [1.165, 1.54) is 24.3 Å². The van der Waals surface area contributed by atoms with Crippen LogP contribution >= 0.6 is 11.8 Å². The van der Waals surface area contributed by atoms with Crippen LogP contribution in [0.4, 0.5) is 0 Å². The molecule has 2 aliphatic rings. The molecule has 2 fully saturated rings. The second-order valence-corrected chi connectivity index (χ2v) is 8.32. The van der Waals surface area contributed by atoms with Gasteiger partial charge in [0.05, 0.1) is 5.69 Å². The Balaban J connectivity index is 1.62. The lowest BCUT2D eigenvalue weighted by Gasteiger charge is -2.40. The number of nitrogens with zero attached hydrogens (tertiary/aromatic N) is 4. The van der Waals surface area contributed by atoms with E-state index >= 15 is 0 Å². The smallest absolute Gasteiger partial charge is 0.272 e. The summed E-state index contributed by atoms with van der Waals surface area (Å²) in [5.74, 6) is 3.08. The Morgan fingerprint density at radius 3 is 2.50 bits per heavy atom. The second kappa shape index (κ2) is 7.91. The van der Waals surface area contributed by atoms with Gasteiger partial charge in [-0.05, 0) is 43.3 Å². The van der Waals surface area contributed by atoms with Gasteiger partial charge in [0.2, 0.25) is 0 Å². The minimum absolute atomic E-state index is 0.148. The number of rotatable bonds is 4. The highest BCUT2D eigenvalue weighted by Crippen LogP contribution is 2.23. The normalized spacial score (nSPS) is 20.8. The summed E-state index contributed by atoms with van der Waals surface area (Å²) in [4.78, 5) is 17.6. The van der Waals surface area contributed by atoms with Gasteiger partial charge in [-0.1, -0.05) is 13.8 Å². The van der Waals surface area contributed by atoms with E-state index in [1.54, 1.807) is 0 Å². The fourth-order valence-electron chi connectivity index (χ4n) is 3.63. The van der Waals surface area contributed by atoms with Gasteiger partial charge in [0, 0.05) is 38.8 Å². The maximum absolute atomic E-state index is 12.9. The van der Waals surface area contributed by atoms with Crippen molar-refractivity contribution in [3.63, 3.8) is 0 Å². The number of aryl methyl sites for hydroxylation is 1. The van der Waals surface area contributed by atoms with Crippen molar-refractivity contribution in [2.75, 3.05) is 37.7 Å². The molecule has 0 radical (unpaired) electrons. The van der Waals surface area contributed by atoms with Gasteiger partial charge in [0.15, 0.2) is 0 Å². The number of hydrogen-bond acceptors (Lipinski definition) is 4. The highest BCUT2D eigenvalue weighted by molar-refractivity contribution is 7.99. The molecule has 1 aromatic heterocycles. The molecule has 2 aliphatic heterocycles. The van der Waals surface area contributed by atoms with Crippen LogP contribution in [0.25, 0.3) is 0 Å². The molecule has 5 nitrogen and oxygen atoms in total. The molecule has 24 heavy (non-hydrogen) atoms. The quantitative estimate of drug-likeness (QED) is 0.837.